The van der Waals surface area contributed by atoms with Gasteiger partial charge in [-0.2, -0.15) is 5.10 Å². The number of carbonyl (C=O) groups excluding carboxylic acids is 1. The SMILES string of the molecule is CN1CC(Cn2c[c]cn2)CC1=O. The van der Waals surface area contributed by atoms with E-state index in [4.69, 9.17) is 0 Å². The Morgan fingerprint density at radius 3 is 3.15 bits per heavy atom. The molecule has 0 N–H and O–H groups in total. The average Bonchev–Trinajstić information content (AvgIpc) is 2.64. The van der Waals surface area contributed by atoms with E-state index in [1.165, 1.54) is 0 Å². The minimum Gasteiger partial charge on any atom is -0.345 e. The molecule has 0 aromatic carbocycles. The van der Waals surface area contributed by atoms with Gasteiger partial charge in [0.05, 0.1) is 6.20 Å². The fourth-order valence-corrected chi connectivity index (χ4v) is 1.70. The molecule has 1 aliphatic heterocycles. The Morgan fingerprint density at radius 2 is 2.62 bits per heavy atom. The minimum absolute atomic E-state index is 0.237. The second-order valence-corrected chi connectivity index (χ2v) is 3.51. The van der Waals surface area contributed by atoms with Crippen LogP contribution < -0.4 is 0 Å². The van der Waals surface area contributed by atoms with Crippen LogP contribution in [0.25, 0.3) is 0 Å². The molecular formula is C9H12N3O. The lowest BCUT2D eigenvalue weighted by Gasteiger charge is -2.09. The third-order valence-electron chi connectivity index (χ3n) is 2.37. The van der Waals surface area contributed by atoms with E-state index in [0.29, 0.717) is 12.3 Å². The van der Waals surface area contributed by atoms with Gasteiger partial charge in [0.25, 0.3) is 0 Å². The first kappa shape index (κ1) is 8.29. The molecule has 1 aromatic rings. The van der Waals surface area contributed by atoms with Crippen molar-refractivity contribution in [2.75, 3.05) is 13.6 Å². The number of rotatable bonds is 2. The summed E-state index contributed by atoms with van der Waals surface area (Å²) in [6, 6.07) is 2.88. The van der Waals surface area contributed by atoms with Gasteiger partial charge in [-0.25, -0.2) is 0 Å². The zero-order chi connectivity index (χ0) is 9.26. The molecule has 1 fully saturated rings. The first-order valence-electron chi connectivity index (χ1n) is 4.38. The lowest BCUT2D eigenvalue weighted by Crippen LogP contribution is -2.20. The monoisotopic (exact) mass is 178 g/mol. The van der Waals surface area contributed by atoms with Gasteiger partial charge in [-0.1, -0.05) is 0 Å². The Balaban J connectivity index is 1.94. The number of nitrogens with zero attached hydrogens (tertiary/aromatic N) is 3. The fraction of sp³-hybridized carbons (Fsp3) is 0.556. The lowest BCUT2D eigenvalue weighted by molar-refractivity contribution is -0.126. The quantitative estimate of drug-likeness (QED) is 0.647. The molecular weight excluding hydrogens is 166 g/mol. The van der Waals surface area contributed by atoms with Crippen molar-refractivity contribution in [3.05, 3.63) is 18.5 Å². The van der Waals surface area contributed by atoms with E-state index in [1.807, 2.05) is 17.9 Å². The molecule has 1 aliphatic rings. The summed E-state index contributed by atoms with van der Waals surface area (Å²) in [5, 5.41) is 4.06. The van der Waals surface area contributed by atoms with Gasteiger partial charge in [0.15, 0.2) is 0 Å². The highest BCUT2D eigenvalue weighted by atomic mass is 16.2. The van der Waals surface area contributed by atoms with E-state index in [1.54, 1.807) is 11.1 Å². The molecule has 2 rings (SSSR count). The normalized spacial score (nSPS) is 22.7. The molecule has 1 radical (unpaired) electrons. The molecule has 13 heavy (non-hydrogen) atoms. The second-order valence-electron chi connectivity index (χ2n) is 3.51. The van der Waals surface area contributed by atoms with Gasteiger partial charge in [-0.15, -0.1) is 0 Å². The number of carbonyl (C=O) groups is 1. The maximum Gasteiger partial charge on any atom is 0.222 e. The van der Waals surface area contributed by atoms with Crippen LogP contribution in [0.15, 0.2) is 12.4 Å². The van der Waals surface area contributed by atoms with E-state index in [2.05, 4.69) is 11.2 Å². The molecule has 0 bridgehead atoms. The zero-order valence-electron chi connectivity index (χ0n) is 7.60. The van der Waals surface area contributed by atoms with Crippen LogP contribution in [0.3, 0.4) is 0 Å². The van der Waals surface area contributed by atoms with Crippen molar-refractivity contribution in [3.8, 4) is 0 Å². The molecule has 0 spiro atoms. The second kappa shape index (κ2) is 3.20. The van der Waals surface area contributed by atoms with Crippen LogP contribution in [-0.2, 0) is 11.3 Å². The van der Waals surface area contributed by atoms with Crippen molar-refractivity contribution < 1.29 is 4.79 Å². The number of amides is 1. The maximum atomic E-state index is 11.2. The average molecular weight is 178 g/mol. The van der Waals surface area contributed by atoms with Crippen molar-refractivity contribution in [3.63, 3.8) is 0 Å². The Labute approximate surface area is 77.1 Å². The van der Waals surface area contributed by atoms with Crippen molar-refractivity contribution in [2.24, 2.45) is 5.92 Å². The van der Waals surface area contributed by atoms with E-state index >= 15 is 0 Å². The Bertz CT molecular complexity index is 294. The fourth-order valence-electron chi connectivity index (χ4n) is 1.70. The molecule has 0 aliphatic carbocycles. The van der Waals surface area contributed by atoms with E-state index < -0.39 is 0 Å². The molecule has 1 aromatic heterocycles. The Hall–Kier alpha value is -1.32. The summed E-state index contributed by atoms with van der Waals surface area (Å²) < 4.78 is 1.83. The van der Waals surface area contributed by atoms with Crippen LogP contribution in [0, 0.1) is 12.0 Å². The third-order valence-corrected chi connectivity index (χ3v) is 2.37. The minimum atomic E-state index is 0.237. The van der Waals surface area contributed by atoms with Crippen molar-refractivity contribution in [1.29, 1.82) is 0 Å². The summed E-state index contributed by atoms with van der Waals surface area (Å²) in [6.07, 6.45) is 4.10. The highest BCUT2D eigenvalue weighted by Crippen LogP contribution is 2.17. The summed E-state index contributed by atoms with van der Waals surface area (Å²) in [4.78, 5) is 13.0. The first-order valence-corrected chi connectivity index (χ1v) is 4.38. The van der Waals surface area contributed by atoms with Gasteiger partial charge in [-0.3, -0.25) is 9.48 Å². The Morgan fingerprint density at radius 1 is 1.77 bits per heavy atom. The van der Waals surface area contributed by atoms with Crippen LogP contribution in [0.1, 0.15) is 6.42 Å². The standard InChI is InChI=1S/C9H12N3O/c1-11-6-8(5-9(11)13)7-12-4-2-3-10-12/h3-4,8H,5-7H2,1H3. The Kier molecular flexibility index (Phi) is 2.04. The highest BCUT2D eigenvalue weighted by molar-refractivity contribution is 5.78. The summed E-state index contributed by atoms with van der Waals surface area (Å²) in [6.45, 7) is 1.66. The lowest BCUT2D eigenvalue weighted by atomic mass is 10.1. The number of likely N-dealkylation sites (tertiary alicyclic amines) is 1. The molecule has 1 atom stereocenters. The van der Waals surface area contributed by atoms with Crippen LogP contribution >= 0.6 is 0 Å². The van der Waals surface area contributed by atoms with Crippen molar-refractivity contribution in [1.82, 2.24) is 14.7 Å². The van der Waals surface area contributed by atoms with E-state index in [0.717, 1.165) is 13.1 Å². The van der Waals surface area contributed by atoms with Crippen LogP contribution in [0.5, 0.6) is 0 Å². The van der Waals surface area contributed by atoms with E-state index in [9.17, 15) is 4.79 Å². The van der Waals surface area contributed by atoms with Crippen molar-refractivity contribution in [2.45, 2.75) is 13.0 Å². The first-order chi connectivity index (χ1) is 6.25. The van der Waals surface area contributed by atoms with Gasteiger partial charge < -0.3 is 4.90 Å². The molecule has 2 heterocycles. The van der Waals surface area contributed by atoms with Crippen LogP contribution in [-0.4, -0.2) is 34.2 Å². The smallest absolute Gasteiger partial charge is 0.222 e. The maximum absolute atomic E-state index is 11.2. The highest BCUT2D eigenvalue weighted by Gasteiger charge is 2.26. The molecule has 1 saturated heterocycles. The molecule has 69 valence electrons. The predicted octanol–water partition coefficient (Wildman–Crippen LogP) is 0.162. The predicted molar refractivity (Wildman–Crippen MR) is 46.8 cm³/mol. The van der Waals surface area contributed by atoms with E-state index in [-0.39, 0.29) is 5.91 Å². The molecule has 0 saturated carbocycles. The van der Waals surface area contributed by atoms with Crippen LogP contribution in [0.2, 0.25) is 0 Å². The number of hydrogen-bond acceptors (Lipinski definition) is 2. The van der Waals surface area contributed by atoms with Gasteiger partial charge >= 0.3 is 0 Å². The third kappa shape index (κ3) is 1.71. The summed E-state index contributed by atoms with van der Waals surface area (Å²) in [7, 11) is 1.84. The summed E-state index contributed by atoms with van der Waals surface area (Å²) in [5.41, 5.74) is 0. The largest absolute Gasteiger partial charge is 0.345 e. The van der Waals surface area contributed by atoms with Gasteiger partial charge in [0, 0.05) is 44.7 Å². The van der Waals surface area contributed by atoms with Crippen molar-refractivity contribution >= 4 is 5.91 Å². The zero-order valence-corrected chi connectivity index (χ0v) is 7.60. The number of hydrogen-bond donors (Lipinski definition) is 0. The molecule has 4 heteroatoms. The molecule has 4 nitrogen and oxygen atoms in total. The topological polar surface area (TPSA) is 38.1 Å². The van der Waals surface area contributed by atoms with Gasteiger partial charge in [-0.05, 0) is 0 Å². The summed E-state index contributed by atoms with van der Waals surface area (Å²) in [5.74, 6) is 0.645. The molecule has 1 unspecified atom stereocenters. The van der Waals surface area contributed by atoms with Gasteiger partial charge in [0.1, 0.15) is 0 Å². The van der Waals surface area contributed by atoms with Crippen LogP contribution in [0.4, 0.5) is 0 Å². The molecule has 1 amide bonds. The van der Waals surface area contributed by atoms with Gasteiger partial charge in [0.2, 0.25) is 5.91 Å². The summed E-state index contributed by atoms with van der Waals surface area (Å²) >= 11 is 0. The number of aromatic nitrogens is 2.